The Kier molecular flexibility index (Phi) is 4.76. The molecule has 1 heterocycles. The van der Waals surface area contributed by atoms with Gasteiger partial charge in [-0.2, -0.15) is 0 Å². The zero-order valence-corrected chi connectivity index (χ0v) is 11.1. The highest BCUT2D eigenvalue weighted by molar-refractivity contribution is 5.72. The minimum absolute atomic E-state index is 0.529. The number of rotatable bonds is 5. The highest BCUT2D eigenvalue weighted by Gasteiger charge is 2.11. The summed E-state index contributed by atoms with van der Waals surface area (Å²) in [6.07, 6.45) is 0. The first kappa shape index (κ1) is 13.8. The molecule has 0 spiro atoms. The van der Waals surface area contributed by atoms with E-state index in [1.165, 1.54) is 5.69 Å². The third kappa shape index (κ3) is 3.94. The molecule has 1 atom stereocenters. The average molecular weight is 264 g/mol. The molecule has 0 radical (unpaired) electrons. The van der Waals surface area contributed by atoms with Gasteiger partial charge in [0.1, 0.15) is 6.04 Å². The van der Waals surface area contributed by atoms with E-state index >= 15 is 0 Å². The summed E-state index contributed by atoms with van der Waals surface area (Å²) in [6, 6.07) is 7.69. The molecule has 1 aliphatic heterocycles. The zero-order chi connectivity index (χ0) is 13.7. The lowest BCUT2D eigenvalue weighted by Crippen LogP contribution is -2.36. The minimum atomic E-state index is -0.829. The number of carbonyl (C=O) groups is 1. The first-order valence-corrected chi connectivity index (χ1v) is 6.54. The number of carboxylic acid groups (broad SMARTS) is 1. The molecule has 104 valence electrons. The van der Waals surface area contributed by atoms with Crippen LogP contribution in [0.1, 0.15) is 12.5 Å². The smallest absolute Gasteiger partial charge is 0.320 e. The van der Waals surface area contributed by atoms with Gasteiger partial charge in [0.2, 0.25) is 0 Å². The Morgan fingerprint density at radius 2 is 2.00 bits per heavy atom. The maximum absolute atomic E-state index is 10.7. The van der Waals surface area contributed by atoms with Gasteiger partial charge in [0.15, 0.2) is 0 Å². The predicted octanol–water partition coefficient (Wildman–Crippen LogP) is 1.09. The molecule has 0 amide bonds. The van der Waals surface area contributed by atoms with Crippen molar-refractivity contribution >= 4 is 11.7 Å². The van der Waals surface area contributed by atoms with E-state index in [1.807, 2.05) is 12.1 Å². The second-order valence-corrected chi connectivity index (χ2v) is 4.71. The lowest BCUT2D eigenvalue weighted by atomic mass is 10.1. The number of aliphatic carboxylic acids is 1. The van der Waals surface area contributed by atoms with E-state index in [4.69, 9.17) is 9.84 Å². The number of hydrogen-bond acceptors (Lipinski definition) is 4. The van der Waals surface area contributed by atoms with Crippen LogP contribution in [-0.2, 0) is 16.1 Å². The lowest BCUT2D eigenvalue weighted by Gasteiger charge is -2.29. The van der Waals surface area contributed by atoms with E-state index in [9.17, 15) is 4.79 Å². The van der Waals surface area contributed by atoms with Gasteiger partial charge in [0, 0.05) is 25.3 Å². The van der Waals surface area contributed by atoms with Crippen molar-refractivity contribution in [1.82, 2.24) is 5.32 Å². The quantitative estimate of drug-likeness (QED) is 0.833. The van der Waals surface area contributed by atoms with Gasteiger partial charge in [-0.25, -0.2) is 0 Å². The van der Waals surface area contributed by atoms with Crippen molar-refractivity contribution < 1.29 is 14.6 Å². The maximum Gasteiger partial charge on any atom is 0.320 e. The molecule has 5 heteroatoms. The van der Waals surface area contributed by atoms with E-state index < -0.39 is 12.0 Å². The van der Waals surface area contributed by atoms with Crippen LogP contribution >= 0.6 is 0 Å². The molecule has 1 aromatic rings. The van der Waals surface area contributed by atoms with Crippen LogP contribution in [0.4, 0.5) is 5.69 Å². The fourth-order valence-corrected chi connectivity index (χ4v) is 2.00. The van der Waals surface area contributed by atoms with Crippen LogP contribution < -0.4 is 10.2 Å². The molecule has 0 saturated carbocycles. The Morgan fingerprint density at radius 1 is 1.37 bits per heavy atom. The number of ether oxygens (including phenoxy) is 1. The molecule has 2 rings (SSSR count). The summed E-state index contributed by atoms with van der Waals surface area (Å²) in [5.41, 5.74) is 2.28. The molecular formula is C14H20N2O3. The maximum atomic E-state index is 10.7. The summed E-state index contributed by atoms with van der Waals surface area (Å²) in [5.74, 6) is -0.829. The third-order valence-electron chi connectivity index (χ3n) is 3.30. The molecule has 1 saturated heterocycles. The number of anilines is 1. The normalized spacial score (nSPS) is 17.2. The van der Waals surface area contributed by atoms with Crippen LogP contribution in [0.2, 0.25) is 0 Å². The number of hydrogen-bond donors (Lipinski definition) is 2. The second-order valence-electron chi connectivity index (χ2n) is 4.71. The standard InChI is InChI=1S/C14H20N2O3/c1-11(14(17)18)15-10-12-2-4-13(5-3-12)16-6-8-19-9-7-16/h2-5,11,15H,6-10H2,1H3,(H,17,18). The van der Waals surface area contributed by atoms with E-state index in [-0.39, 0.29) is 0 Å². The van der Waals surface area contributed by atoms with Crippen molar-refractivity contribution in [2.45, 2.75) is 19.5 Å². The molecular weight excluding hydrogens is 244 g/mol. The summed E-state index contributed by atoms with van der Waals surface area (Å²) in [5, 5.41) is 11.8. The van der Waals surface area contributed by atoms with Crippen molar-refractivity contribution in [2.75, 3.05) is 31.2 Å². The van der Waals surface area contributed by atoms with E-state index in [0.29, 0.717) is 6.54 Å². The molecule has 19 heavy (non-hydrogen) atoms. The van der Waals surface area contributed by atoms with Gasteiger partial charge in [-0.15, -0.1) is 0 Å². The number of morpholine rings is 1. The first-order valence-electron chi connectivity index (χ1n) is 6.54. The SMILES string of the molecule is CC(NCc1ccc(N2CCOCC2)cc1)C(=O)O. The van der Waals surface area contributed by atoms with Crippen molar-refractivity contribution in [1.29, 1.82) is 0 Å². The zero-order valence-electron chi connectivity index (χ0n) is 11.1. The Hall–Kier alpha value is -1.59. The molecule has 0 bridgehead atoms. The van der Waals surface area contributed by atoms with Gasteiger partial charge >= 0.3 is 5.97 Å². The van der Waals surface area contributed by atoms with Crippen LogP contribution in [0.5, 0.6) is 0 Å². The number of nitrogens with zero attached hydrogens (tertiary/aromatic N) is 1. The highest BCUT2D eigenvalue weighted by atomic mass is 16.5. The van der Waals surface area contributed by atoms with Gasteiger partial charge in [-0.3, -0.25) is 4.79 Å². The highest BCUT2D eigenvalue weighted by Crippen LogP contribution is 2.16. The largest absolute Gasteiger partial charge is 0.480 e. The summed E-state index contributed by atoms with van der Waals surface area (Å²) in [4.78, 5) is 13.0. The topological polar surface area (TPSA) is 61.8 Å². The molecule has 0 aliphatic carbocycles. The van der Waals surface area contributed by atoms with E-state index in [0.717, 1.165) is 31.9 Å². The van der Waals surface area contributed by atoms with Crippen molar-refractivity contribution in [3.63, 3.8) is 0 Å². The van der Waals surface area contributed by atoms with Crippen molar-refractivity contribution in [3.05, 3.63) is 29.8 Å². The van der Waals surface area contributed by atoms with Gasteiger partial charge in [-0.05, 0) is 24.6 Å². The summed E-state index contributed by atoms with van der Waals surface area (Å²) in [7, 11) is 0. The second kappa shape index (κ2) is 6.54. The first-order chi connectivity index (χ1) is 9.16. The molecule has 1 aliphatic rings. The number of carboxylic acids is 1. The average Bonchev–Trinajstić information content (AvgIpc) is 2.46. The fraction of sp³-hybridized carbons (Fsp3) is 0.500. The van der Waals surface area contributed by atoms with Crippen LogP contribution in [-0.4, -0.2) is 43.4 Å². The predicted molar refractivity (Wildman–Crippen MR) is 73.4 cm³/mol. The summed E-state index contributed by atoms with van der Waals surface area (Å²) < 4.78 is 5.32. The van der Waals surface area contributed by atoms with Gasteiger partial charge in [0.25, 0.3) is 0 Å². The van der Waals surface area contributed by atoms with Gasteiger partial charge < -0.3 is 20.1 Å². The number of nitrogens with one attached hydrogen (secondary N) is 1. The monoisotopic (exact) mass is 264 g/mol. The fourth-order valence-electron chi connectivity index (χ4n) is 2.00. The minimum Gasteiger partial charge on any atom is -0.480 e. The molecule has 1 aromatic carbocycles. The molecule has 2 N–H and O–H groups in total. The Labute approximate surface area is 113 Å². The van der Waals surface area contributed by atoms with Gasteiger partial charge in [-0.1, -0.05) is 12.1 Å². The van der Waals surface area contributed by atoms with E-state index in [1.54, 1.807) is 6.92 Å². The Balaban J connectivity index is 1.89. The van der Waals surface area contributed by atoms with Crippen molar-refractivity contribution in [2.24, 2.45) is 0 Å². The Morgan fingerprint density at radius 3 is 2.58 bits per heavy atom. The molecule has 0 aromatic heterocycles. The van der Waals surface area contributed by atoms with Crippen LogP contribution in [0.25, 0.3) is 0 Å². The Bertz CT molecular complexity index is 413. The van der Waals surface area contributed by atoms with Gasteiger partial charge in [0.05, 0.1) is 13.2 Å². The van der Waals surface area contributed by atoms with Crippen molar-refractivity contribution in [3.8, 4) is 0 Å². The van der Waals surface area contributed by atoms with E-state index in [2.05, 4.69) is 22.3 Å². The molecule has 1 unspecified atom stereocenters. The summed E-state index contributed by atoms with van der Waals surface area (Å²) >= 11 is 0. The summed E-state index contributed by atoms with van der Waals surface area (Å²) in [6.45, 7) is 5.61. The number of benzene rings is 1. The van der Waals surface area contributed by atoms with Crippen LogP contribution in [0.3, 0.4) is 0 Å². The lowest BCUT2D eigenvalue weighted by molar-refractivity contribution is -0.139. The molecule has 1 fully saturated rings. The van der Waals surface area contributed by atoms with Crippen LogP contribution in [0.15, 0.2) is 24.3 Å². The van der Waals surface area contributed by atoms with Crippen LogP contribution in [0, 0.1) is 0 Å². The third-order valence-corrected chi connectivity index (χ3v) is 3.30. The molecule has 5 nitrogen and oxygen atoms in total.